The highest BCUT2D eigenvalue weighted by Crippen LogP contribution is 2.31. The number of hydrogen-bond donors (Lipinski definition) is 1. The van der Waals surface area contributed by atoms with Crippen LogP contribution in [0.4, 0.5) is 9.59 Å². The molecular formula is C27H41NO10. The Kier molecular flexibility index (Phi) is 13.0. The van der Waals surface area contributed by atoms with Crippen LogP contribution < -0.4 is 15.2 Å². The van der Waals surface area contributed by atoms with E-state index in [1.54, 1.807) is 26.8 Å². The lowest BCUT2D eigenvalue weighted by atomic mass is 9.88. The van der Waals surface area contributed by atoms with E-state index in [1.165, 1.54) is 19.2 Å². The number of methoxy groups -OCH3 is 1. The van der Waals surface area contributed by atoms with Gasteiger partial charge in [-0.15, -0.1) is 0 Å². The van der Waals surface area contributed by atoms with Crippen molar-refractivity contribution in [1.29, 1.82) is 0 Å². The molecule has 0 fully saturated rings. The molecule has 38 heavy (non-hydrogen) atoms. The molecule has 1 aromatic rings. The summed E-state index contributed by atoms with van der Waals surface area (Å²) in [7, 11) is 1.20. The molecule has 0 aliphatic heterocycles. The lowest BCUT2D eigenvalue weighted by molar-refractivity contribution is -0.151. The average molecular weight is 540 g/mol. The van der Waals surface area contributed by atoms with Gasteiger partial charge in [0.25, 0.3) is 0 Å². The predicted octanol–water partition coefficient (Wildman–Crippen LogP) is 4.56. The van der Waals surface area contributed by atoms with Gasteiger partial charge < -0.3 is 34.2 Å². The molecule has 11 heteroatoms. The third-order valence-corrected chi connectivity index (χ3v) is 6.05. The van der Waals surface area contributed by atoms with Crippen LogP contribution in [0, 0.1) is 11.8 Å². The van der Waals surface area contributed by atoms with E-state index in [0.29, 0.717) is 5.56 Å². The van der Waals surface area contributed by atoms with E-state index >= 15 is 0 Å². The van der Waals surface area contributed by atoms with E-state index in [4.69, 9.17) is 34.2 Å². The Morgan fingerprint density at radius 3 is 1.87 bits per heavy atom. The normalized spacial score (nSPS) is 14.2. The summed E-state index contributed by atoms with van der Waals surface area (Å²) in [6.07, 6.45) is -2.73. The Bertz CT molecular complexity index is 961. The zero-order chi connectivity index (χ0) is 29.0. The fourth-order valence-corrected chi connectivity index (χ4v) is 2.91. The number of hydrogen-bond acceptors (Lipinski definition) is 11. The largest absolute Gasteiger partial charge is 0.514 e. The monoisotopic (exact) mass is 539 g/mol. The summed E-state index contributed by atoms with van der Waals surface area (Å²) in [4.78, 5) is 48.8. The SMILES string of the molecule is CCC(=O)OCC[C@@](N)(Cc1ccc(OC(=O)OC(C)C(C)C)c(OC(=O)OC(C)C(C)C)c1)C(=O)OC. The van der Waals surface area contributed by atoms with Gasteiger partial charge in [0.2, 0.25) is 0 Å². The van der Waals surface area contributed by atoms with Crippen molar-refractivity contribution >= 4 is 24.2 Å². The van der Waals surface area contributed by atoms with Gasteiger partial charge in [-0.1, -0.05) is 40.7 Å². The van der Waals surface area contributed by atoms with Crippen LogP contribution in [0.1, 0.15) is 66.9 Å². The Balaban J connectivity index is 3.25. The first-order chi connectivity index (χ1) is 17.7. The maximum Gasteiger partial charge on any atom is 0.514 e. The molecule has 0 aromatic heterocycles. The van der Waals surface area contributed by atoms with Crippen molar-refractivity contribution in [2.45, 2.75) is 85.5 Å². The molecule has 0 aliphatic rings. The summed E-state index contributed by atoms with van der Waals surface area (Å²) in [5.74, 6) is -1.28. The van der Waals surface area contributed by atoms with Crippen molar-refractivity contribution in [2.24, 2.45) is 17.6 Å². The highest BCUT2D eigenvalue weighted by atomic mass is 16.8. The van der Waals surface area contributed by atoms with Gasteiger partial charge in [0.15, 0.2) is 11.5 Å². The van der Waals surface area contributed by atoms with Crippen molar-refractivity contribution < 1.29 is 47.6 Å². The minimum absolute atomic E-state index is 0.0206. The first-order valence-electron chi connectivity index (χ1n) is 12.6. The lowest BCUT2D eigenvalue weighted by Crippen LogP contribution is -2.51. The zero-order valence-corrected chi connectivity index (χ0v) is 23.5. The van der Waals surface area contributed by atoms with Crippen molar-refractivity contribution in [3.05, 3.63) is 23.8 Å². The second-order valence-electron chi connectivity index (χ2n) is 9.77. The van der Waals surface area contributed by atoms with Gasteiger partial charge in [0, 0.05) is 19.3 Å². The van der Waals surface area contributed by atoms with Gasteiger partial charge in [0.05, 0.1) is 13.7 Å². The Morgan fingerprint density at radius 1 is 0.868 bits per heavy atom. The van der Waals surface area contributed by atoms with Crippen molar-refractivity contribution in [3.8, 4) is 11.5 Å². The number of carbonyl (C=O) groups excluding carboxylic acids is 4. The molecule has 214 valence electrons. The van der Waals surface area contributed by atoms with Gasteiger partial charge in [0.1, 0.15) is 17.7 Å². The summed E-state index contributed by atoms with van der Waals surface area (Å²) in [5.41, 5.74) is 5.26. The van der Waals surface area contributed by atoms with Gasteiger partial charge in [-0.25, -0.2) is 9.59 Å². The summed E-state index contributed by atoms with van der Waals surface area (Å²) in [5, 5.41) is 0. The molecule has 2 N–H and O–H groups in total. The van der Waals surface area contributed by atoms with Gasteiger partial charge in [-0.05, 0) is 43.4 Å². The summed E-state index contributed by atoms with van der Waals surface area (Å²) >= 11 is 0. The molecule has 1 aromatic carbocycles. The first-order valence-corrected chi connectivity index (χ1v) is 12.6. The minimum Gasteiger partial charge on any atom is -0.468 e. The molecule has 11 nitrogen and oxygen atoms in total. The molecule has 0 radical (unpaired) electrons. The number of ether oxygens (including phenoxy) is 6. The second-order valence-corrected chi connectivity index (χ2v) is 9.77. The van der Waals surface area contributed by atoms with E-state index < -0.39 is 42.0 Å². The number of esters is 2. The smallest absolute Gasteiger partial charge is 0.468 e. The van der Waals surface area contributed by atoms with E-state index in [-0.39, 0.29) is 49.2 Å². The molecule has 1 rings (SSSR count). The molecule has 0 saturated heterocycles. The van der Waals surface area contributed by atoms with Crippen molar-refractivity contribution in [2.75, 3.05) is 13.7 Å². The van der Waals surface area contributed by atoms with Crippen LogP contribution in [0.3, 0.4) is 0 Å². The molecule has 0 bridgehead atoms. The molecule has 0 heterocycles. The van der Waals surface area contributed by atoms with Crippen molar-refractivity contribution in [1.82, 2.24) is 0 Å². The van der Waals surface area contributed by atoms with Gasteiger partial charge in [-0.3, -0.25) is 9.59 Å². The van der Waals surface area contributed by atoms with Crippen LogP contribution in [0.5, 0.6) is 11.5 Å². The van der Waals surface area contributed by atoms with Crippen molar-refractivity contribution in [3.63, 3.8) is 0 Å². The molecule has 0 aliphatic carbocycles. The average Bonchev–Trinajstić information content (AvgIpc) is 2.84. The number of rotatable bonds is 13. The first kappa shape index (κ1) is 32.7. The predicted molar refractivity (Wildman–Crippen MR) is 138 cm³/mol. The third kappa shape index (κ3) is 10.6. The highest BCUT2D eigenvalue weighted by Gasteiger charge is 2.36. The summed E-state index contributed by atoms with van der Waals surface area (Å²) in [6, 6.07) is 4.34. The van der Waals surface area contributed by atoms with Crippen LogP contribution in [0.25, 0.3) is 0 Å². The number of benzene rings is 1. The fraction of sp³-hybridized carbons (Fsp3) is 0.630. The number of nitrogens with two attached hydrogens (primary N) is 1. The molecular weight excluding hydrogens is 498 g/mol. The van der Waals surface area contributed by atoms with E-state index in [0.717, 1.165) is 0 Å². The van der Waals surface area contributed by atoms with Crippen LogP contribution in [0.15, 0.2) is 18.2 Å². The second kappa shape index (κ2) is 15.2. The summed E-state index contributed by atoms with van der Waals surface area (Å²) in [6.45, 7) is 12.5. The zero-order valence-electron chi connectivity index (χ0n) is 23.5. The van der Waals surface area contributed by atoms with Crippen LogP contribution in [0.2, 0.25) is 0 Å². The Morgan fingerprint density at radius 2 is 1.39 bits per heavy atom. The molecule has 0 spiro atoms. The van der Waals surface area contributed by atoms with E-state index in [1.807, 2.05) is 27.7 Å². The maximum absolute atomic E-state index is 12.5. The lowest BCUT2D eigenvalue weighted by Gasteiger charge is -2.27. The molecule has 3 atom stereocenters. The van der Waals surface area contributed by atoms with Crippen LogP contribution >= 0.6 is 0 Å². The highest BCUT2D eigenvalue weighted by molar-refractivity contribution is 5.81. The Labute approximate surface area is 224 Å². The standard InChI is InChI=1S/C27H41NO10/c1-9-23(29)34-13-12-27(28,24(30)33-8)15-20-10-11-21(37-25(31)35-18(6)16(2)3)22(14-20)38-26(32)36-19(7)17(4)5/h10-11,14,16-19H,9,12-13,15,28H2,1-8H3/t18?,19?,27-/m1/s1. The number of carbonyl (C=O) groups is 4. The maximum atomic E-state index is 12.5. The van der Waals surface area contributed by atoms with E-state index in [2.05, 4.69) is 0 Å². The topological polar surface area (TPSA) is 150 Å². The van der Waals surface area contributed by atoms with Gasteiger partial charge >= 0.3 is 24.2 Å². The quantitative estimate of drug-likeness (QED) is 0.213. The Hall–Kier alpha value is -3.34. The third-order valence-electron chi connectivity index (χ3n) is 6.05. The minimum atomic E-state index is -1.55. The van der Waals surface area contributed by atoms with E-state index in [9.17, 15) is 19.2 Å². The van der Waals surface area contributed by atoms with Gasteiger partial charge in [-0.2, -0.15) is 0 Å². The fourth-order valence-electron chi connectivity index (χ4n) is 2.91. The molecule has 2 unspecified atom stereocenters. The van der Waals surface area contributed by atoms with Crippen LogP contribution in [-0.4, -0.2) is 55.7 Å². The summed E-state index contributed by atoms with van der Waals surface area (Å²) < 4.78 is 31.1. The molecule has 0 amide bonds. The molecule has 0 saturated carbocycles. The van der Waals surface area contributed by atoms with Crippen LogP contribution in [-0.2, 0) is 35.0 Å².